The molecule has 8 heteroatoms. The van der Waals surface area contributed by atoms with Crippen LogP contribution in [0.1, 0.15) is 73.4 Å². The van der Waals surface area contributed by atoms with Crippen LogP contribution in [0.15, 0.2) is 58.1 Å². The Labute approximate surface area is 222 Å². The van der Waals surface area contributed by atoms with E-state index in [2.05, 4.69) is 26.0 Å². The number of carbonyl (C=O) groups excluding carboxylic acids is 1. The van der Waals surface area contributed by atoms with Crippen molar-refractivity contribution in [3.05, 3.63) is 81.1 Å². The Morgan fingerprint density at radius 1 is 1.22 bits per heavy atom. The zero-order valence-electron chi connectivity index (χ0n) is 21.3. The van der Waals surface area contributed by atoms with E-state index in [-0.39, 0.29) is 29.4 Å². The highest BCUT2D eigenvalue weighted by molar-refractivity contribution is 7.99. The van der Waals surface area contributed by atoms with Gasteiger partial charge in [-0.1, -0.05) is 49.9 Å². The molecule has 1 unspecified atom stereocenters. The summed E-state index contributed by atoms with van der Waals surface area (Å²) in [4.78, 5) is 18.0. The number of hydrogen-bond donors (Lipinski definition) is 1. The Bertz CT molecular complexity index is 1350. The lowest BCUT2D eigenvalue weighted by Gasteiger charge is -2.28. The molecule has 1 atom stereocenters. The van der Waals surface area contributed by atoms with Crippen molar-refractivity contribution in [1.82, 2.24) is 4.98 Å². The number of rotatable bonds is 7. The molecule has 2 N–H and O–H groups in total. The van der Waals surface area contributed by atoms with Gasteiger partial charge in [-0.2, -0.15) is 10.5 Å². The first kappa shape index (κ1) is 26.3. The van der Waals surface area contributed by atoms with Gasteiger partial charge in [-0.05, 0) is 61.3 Å². The van der Waals surface area contributed by atoms with E-state index in [9.17, 15) is 15.3 Å². The van der Waals surface area contributed by atoms with E-state index in [1.165, 1.54) is 11.8 Å². The maximum Gasteiger partial charge on any atom is 0.338 e. The highest BCUT2D eigenvalue weighted by Gasteiger charge is 2.37. The smallest absolute Gasteiger partial charge is 0.338 e. The van der Waals surface area contributed by atoms with E-state index in [0.29, 0.717) is 22.3 Å². The number of nitrogens with zero attached hydrogens (tertiary/aromatic N) is 3. The van der Waals surface area contributed by atoms with Gasteiger partial charge in [0.05, 0.1) is 29.4 Å². The molecule has 0 saturated heterocycles. The van der Waals surface area contributed by atoms with Gasteiger partial charge in [-0.3, -0.25) is 0 Å². The largest absolute Gasteiger partial charge is 0.463 e. The maximum absolute atomic E-state index is 13.3. The normalized spacial score (nSPS) is 17.1. The Kier molecular flexibility index (Phi) is 8.21. The van der Waals surface area contributed by atoms with Crippen molar-refractivity contribution < 1.29 is 14.3 Å². The van der Waals surface area contributed by atoms with E-state index >= 15 is 0 Å². The van der Waals surface area contributed by atoms with Crippen LogP contribution in [0.25, 0.3) is 0 Å². The lowest BCUT2D eigenvalue weighted by Crippen LogP contribution is -2.27. The summed E-state index contributed by atoms with van der Waals surface area (Å²) in [6.45, 7) is 6.11. The summed E-state index contributed by atoms with van der Waals surface area (Å²) in [6.07, 6.45) is 3.99. The molecule has 0 spiro atoms. The van der Waals surface area contributed by atoms with Crippen LogP contribution in [0.2, 0.25) is 0 Å². The molecular formula is C29H30N4O3S. The monoisotopic (exact) mass is 514 g/mol. The molecular weight excluding hydrogens is 484 g/mol. The SMILES string of the molecule is CCOC(=O)C1=C(CSc2nc3c(cc2C#N)CCCC3)OC(N)=C(C#N)C1c1ccc(C(C)C)cc1. The summed E-state index contributed by atoms with van der Waals surface area (Å²) in [6, 6.07) is 14.1. The van der Waals surface area contributed by atoms with Crippen LogP contribution in [0.3, 0.4) is 0 Å². The molecule has 7 nitrogen and oxygen atoms in total. The Morgan fingerprint density at radius 2 is 1.95 bits per heavy atom. The standard InChI is InChI=1S/C29H30N4O3S/c1-4-35-29(34)26-24(16-37-28-21(14-30)13-20-7-5-6-8-23(20)33-28)36-27(32)22(15-31)25(26)19-11-9-18(10-12-19)17(2)3/h9-13,17,25H,4-8,16,32H2,1-3H3. The lowest BCUT2D eigenvalue weighted by molar-refractivity contribution is -0.139. The third-order valence-electron chi connectivity index (χ3n) is 6.65. The van der Waals surface area contributed by atoms with Crippen LogP contribution in [-0.4, -0.2) is 23.3 Å². The van der Waals surface area contributed by atoms with E-state index in [1.54, 1.807) is 6.92 Å². The van der Waals surface area contributed by atoms with Crippen LogP contribution >= 0.6 is 11.8 Å². The number of aromatic nitrogens is 1. The molecule has 1 aliphatic carbocycles. The van der Waals surface area contributed by atoms with E-state index in [1.807, 2.05) is 30.3 Å². The Balaban J connectivity index is 1.75. The first-order valence-corrected chi connectivity index (χ1v) is 13.5. The van der Waals surface area contributed by atoms with Crippen molar-refractivity contribution in [1.29, 1.82) is 10.5 Å². The molecule has 2 aromatic rings. The number of aryl methyl sites for hydroxylation is 2. The molecule has 1 aromatic heterocycles. The van der Waals surface area contributed by atoms with Crippen LogP contribution in [-0.2, 0) is 27.1 Å². The summed E-state index contributed by atoms with van der Waals surface area (Å²) in [5.74, 6) is -0.472. The molecule has 190 valence electrons. The van der Waals surface area contributed by atoms with Crippen molar-refractivity contribution in [2.24, 2.45) is 5.73 Å². The zero-order valence-corrected chi connectivity index (χ0v) is 22.2. The highest BCUT2D eigenvalue weighted by Crippen LogP contribution is 2.41. The average Bonchev–Trinajstić information content (AvgIpc) is 2.90. The van der Waals surface area contributed by atoms with E-state index in [0.717, 1.165) is 48.1 Å². The number of esters is 1. The summed E-state index contributed by atoms with van der Waals surface area (Å²) in [5, 5.41) is 20.3. The second-order valence-corrected chi connectivity index (χ2v) is 10.3. The van der Waals surface area contributed by atoms with Crippen molar-refractivity contribution in [3.63, 3.8) is 0 Å². The average molecular weight is 515 g/mol. The predicted octanol–water partition coefficient (Wildman–Crippen LogP) is 5.37. The number of allylic oxidation sites excluding steroid dienone is 1. The Morgan fingerprint density at radius 3 is 2.59 bits per heavy atom. The topological polar surface area (TPSA) is 122 Å². The summed E-state index contributed by atoms with van der Waals surface area (Å²) in [7, 11) is 0. The summed E-state index contributed by atoms with van der Waals surface area (Å²) in [5.41, 5.74) is 11.2. The zero-order chi connectivity index (χ0) is 26.5. The number of ether oxygens (including phenoxy) is 2. The number of thioether (sulfide) groups is 1. The first-order valence-electron chi connectivity index (χ1n) is 12.5. The predicted molar refractivity (Wildman–Crippen MR) is 141 cm³/mol. The minimum absolute atomic E-state index is 0.0389. The molecule has 4 rings (SSSR count). The van der Waals surface area contributed by atoms with Gasteiger partial charge in [0, 0.05) is 5.69 Å². The number of benzene rings is 1. The van der Waals surface area contributed by atoms with Gasteiger partial charge in [0.15, 0.2) is 0 Å². The number of pyridine rings is 1. The fourth-order valence-corrected chi connectivity index (χ4v) is 5.62. The second-order valence-electron chi connectivity index (χ2n) is 9.36. The number of hydrogen-bond acceptors (Lipinski definition) is 8. The minimum Gasteiger partial charge on any atom is -0.463 e. The molecule has 0 radical (unpaired) electrons. The first-order chi connectivity index (χ1) is 17.9. The van der Waals surface area contributed by atoms with Crippen molar-refractivity contribution in [2.45, 2.75) is 63.3 Å². The second kappa shape index (κ2) is 11.5. The number of nitriles is 2. The van der Waals surface area contributed by atoms with E-state index < -0.39 is 11.9 Å². The van der Waals surface area contributed by atoms with Crippen molar-refractivity contribution in [2.75, 3.05) is 12.4 Å². The Hall–Kier alpha value is -3.75. The highest BCUT2D eigenvalue weighted by atomic mass is 32.2. The molecule has 2 heterocycles. The molecule has 37 heavy (non-hydrogen) atoms. The van der Waals surface area contributed by atoms with Gasteiger partial charge < -0.3 is 15.2 Å². The molecule has 2 aliphatic rings. The van der Waals surface area contributed by atoms with Gasteiger partial charge in [-0.15, -0.1) is 0 Å². The van der Waals surface area contributed by atoms with Gasteiger partial charge in [0.1, 0.15) is 28.5 Å². The molecule has 1 aliphatic heterocycles. The third kappa shape index (κ3) is 5.50. The molecule has 0 saturated carbocycles. The van der Waals surface area contributed by atoms with Crippen LogP contribution in [0.4, 0.5) is 0 Å². The fourth-order valence-electron chi connectivity index (χ4n) is 4.70. The summed E-state index contributed by atoms with van der Waals surface area (Å²) >= 11 is 1.32. The molecule has 0 bridgehead atoms. The van der Waals surface area contributed by atoms with E-state index in [4.69, 9.17) is 20.2 Å². The fraction of sp³-hybridized carbons (Fsp3) is 0.379. The van der Waals surface area contributed by atoms with Crippen LogP contribution in [0.5, 0.6) is 0 Å². The van der Waals surface area contributed by atoms with Gasteiger partial charge in [0.2, 0.25) is 5.88 Å². The minimum atomic E-state index is -0.721. The number of fused-ring (bicyclic) bond motifs is 1. The lowest BCUT2D eigenvalue weighted by atomic mass is 9.82. The maximum atomic E-state index is 13.3. The van der Waals surface area contributed by atoms with Crippen molar-refractivity contribution >= 4 is 17.7 Å². The van der Waals surface area contributed by atoms with Gasteiger partial charge >= 0.3 is 5.97 Å². The molecule has 1 aromatic carbocycles. The van der Waals surface area contributed by atoms with Crippen LogP contribution in [0, 0.1) is 22.7 Å². The molecule has 0 amide bonds. The van der Waals surface area contributed by atoms with Crippen LogP contribution < -0.4 is 5.73 Å². The van der Waals surface area contributed by atoms with Gasteiger partial charge in [-0.25, -0.2) is 9.78 Å². The van der Waals surface area contributed by atoms with Crippen molar-refractivity contribution in [3.8, 4) is 12.1 Å². The van der Waals surface area contributed by atoms with Gasteiger partial charge in [0.25, 0.3) is 0 Å². The molecule has 0 fully saturated rings. The summed E-state index contributed by atoms with van der Waals surface area (Å²) < 4.78 is 11.3. The number of carbonyl (C=O) groups is 1. The number of nitrogens with two attached hydrogens (primary N) is 1. The third-order valence-corrected chi connectivity index (χ3v) is 7.65. The quantitative estimate of drug-likeness (QED) is 0.386.